The summed E-state index contributed by atoms with van der Waals surface area (Å²) in [5, 5.41) is 3.07. The first-order chi connectivity index (χ1) is 10.1. The zero-order valence-electron chi connectivity index (χ0n) is 11.4. The lowest BCUT2D eigenvalue weighted by atomic mass is 10.0. The summed E-state index contributed by atoms with van der Waals surface area (Å²) in [6, 6.07) is 2.89. The lowest BCUT2D eigenvalue weighted by Gasteiger charge is -2.36. The number of ether oxygens (including phenoxy) is 2. The van der Waals surface area contributed by atoms with Crippen LogP contribution in [0.5, 0.6) is 11.5 Å². The van der Waals surface area contributed by atoms with E-state index < -0.39 is 12.2 Å². The number of nitrogens with one attached hydrogen (secondary N) is 1. The van der Waals surface area contributed by atoms with Crippen molar-refractivity contribution in [2.45, 2.75) is 12.2 Å². The number of hydrogen-bond acceptors (Lipinski definition) is 4. The predicted molar refractivity (Wildman–Crippen MR) is 70.7 cm³/mol. The Morgan fingerprint density at radius 1 is 1.05 bits per heavy atom. The van der Waals surface area contributed by atoms with Crippen molar-refractivity contribution in [3.63, 3.8) is 0 Å². The van der Waals surface area contributed by atoms with E-state index in [2.05, 4.69) is 5.32 Å². The van der Waals surface area contributed by atoms with Crippen molar-refractivity contribution in [1.29, 1.82) is 0 Å². The SMILES string of the molecule is FC(F)(F)[C@@H](c1ccc2c(c1)OCCO2)N1CCNCC1. The minimum atomic E-state index is -4.32. The van der Waals surface area contributed by atoms with E-state index >= 15 is 0 Å². The summed E-state index contributed by atoms with van der Waals surface area (Å²) in [7, 11) is 0. The summed E-state index contributed by atoms with van der Waals surface area (Å²) in [6.45, 7) is 2.67. The van der Waals surface area contributed by atoms with Crippen molar-refractivity contribution in [1.82, 2.24) is 10.2 Å². The van der Waals surface area contributed by atoms with E-state index in [1.807, 2.05) is 0 Å². The average Bonchev–Trinajstić information content (AvgIpc) is 2.47. The molecule has 2 aliphatic rings. The first kappa shape index (κ1) is 14.5. The lowest BCUT2D eigenvalue weighted by molar-refractivity contribution is -0.187. The van der Waals surface area contributed by atoms with Crippen LogP contribution in [0.3, 0.4) is 0 Å². The quantitative estimate of drug-likeness (QED) is 0.905. The Labute approximate surface area is 120 Å². The van der Waals surface area contributed by atoms with Crippen LogP contribution in [-0.2, 0) is 0 Å². The first-order valence-electron chi connectivity index (χ1n) is 6.97. The minimum Gasteiger partial charge on any atom is -0.486 e. The number of halogens is 3. The van der Waals surface area contributed by atoms with Gasteiger partial charge < -0.3 is 14.8 Å². The van der Waals surface area contributed by atoms with Crippen molar-refractivity contribution in [2.75, 3.05) is 39.4 Å². The summed E-state index contributed by atoms with van der Waals surface area (Å²) < 4.78 is 51.2. The van der Waals surface area contributed by atoms with E-state index in [9.17, 15) is 13.2 Å². The van der Waals surface area contributed by atoms with Crippen LogP contribution < -0.4 is 14.8 Å². The van der Waals surface area contributed by atoms with Crippen LogP contribution in [-0.4, -0.2) is 50.5 Å². The van der Waals surface area contributed by atoms with Crippen LogP contribution >= 0.6 is 0 Å². The molecular formula is C14H17F3N2O2. The van der Waals surface area contributed by atoms with E-state index in [1.54, 1.807) is 6.07 Å². The molecule has 1 aromatic rings. The molecule has 0 bridgehead atoms. The molecule has 7 heteroatoms. The van der Waals surface area contributed by atoms with Gasteiger partial charge >= 0.3 is 6.18 Å². The summed E-state index contributed by atoms with van der Waals surface area (Å²) >= 11 is 0. The molecule has 0 amide bonds. The van der Waals surface area contributed by atoms with Gasteiger partial charge in [-0.15, -0.1) is 0 Å². The Morgan fingerprint density at radius 3 is 2.38 bits per heavy atom. The van der Waals surface area contributed by atoms with Crippen molar-refractivity contribution in [3.05, 3.63) is 23.8 Å². The van der Waals surface area contributed by atoms with E-state index in [0.717, 1.165) is 0 Å². The molecule has 0 aromatic heterocycles. The third-order valence-electron chi connectivity index (χ3n) is 3.71. The van der Waals surface area contributed by atoms with Crippen LogP contribution in [0.2, 0.25) is 0 Å². The molecule has 0 radical (unpaired) electrons. The van der Waals surface area contributed by atoms with E-state index in [-0.39, 0.29) is 5.56 Å². The Morgan fingerprint density at radius 2 is 1.71 bits per heavy atom. The van der Waals surface area contributed by atoms with Gasteiger partial charge in [0.05, 0.1) is 0 Å². The highest BCUT2D eigenvalue weighted by atomic mass is 19.4. The van der Waals surface area contributed by atoms with Gasteiger partial charge in [0.1, 0.15) is 19.3 Å². The van der Waals surface area contributed by atoms with E-state index in [1.165, 1.54) is 17.0 Å². The number of fused-ring (bicyclic) bond motifs is 1. The largest absolute Gasteiger partial charge is 0.486 e. The molecule has 0 spiro atoms. The Hall–Kier alpha value is -1.47. The van der Waals surface area contributed by atoms with Crippen LogP contribution in [0.4, 0.5) is 13.2 Å². The number of piperazine rings is 1. The fraction of sp³-hybridized carbons (Fsp3) is 0.571. The van der Waals surface area contributed by atoms with Crippen molar-refractivity contribution in [3.8, 4) is 11.5 Å². The molecule has 0 unspecified atom stereocenters. The monoisotopic (exact) mass is 302 g/mol. The van der Waals surface area contributed by atoms with Gasteiger partial charge in [-0.1, -0.05) is 6.07 Å². The highest BCUT2D eigenvalue weighted by Gasteiger charge is 2.45. The zero-order chi connectivity index (χ0) is 14.9. The van der Waals surface area contributed by atoms with Gasteiger partial charge in [-0.3, -0.25) is 4.90 Å². The standard InChI is InChI=1S/C14H17F3N2O2/c15-14(16,17)13(19-5-3-18-4-6-19)10-1-2-11-12(9-10)21-8-7-20-11/h1-2,9,13,18H,3-8H2/t13-/m1/s1. The average molecular weight is 302 g/mol. The summed E-state index contributed by atoms with van der Waals surface area (Å²) in [4.78, 5) is 1.46. The maximum atomic E-state index is 13.5. The topological polar surface area (TPSA) is 33.7 Å². The molecular weight excluding hydrogens is 285 g/mol. The van der Waals surface area contributed by atoms with Crippen LogP contribution in [0.1, 0.15) is 11.6 Å². The number of benzene rings is 1. The molecule has 1 N–H and O–H groups in total. The van der Waals surface area contributed by atoms with Gasteiger partial charge in [-0.2, -0.15) is 13.2 Å². The van der Waals surface area contributed by atoms with Gasteiger partial charge in [0.15, 0.2) is 11.5 Å². The minimum absolute atomic E-state index is 0.202. The molecule has 4 nitrogen and oxygen atoms in total. The number of nitrogens with zero attached hydrogens (tertiary/aromatic N) is 1. The molecule has 1 saturated heterocycles. The fourth-order valence-electron chi connectivity index (χ4n) is 2.78. The predicted octanol–water partition coefficient (Wildman–Crippen LogP) is 1.97. The molecule has 1 atom stereocenters. The van der Waals surface area contributed by atoms with Crippen LogP contribution in [0.25, 0.3) is 0 Å². The molecule has 21 heavy (non-hydrogen) atoms. The van der Waals surface area contributed by atoms with Gasteiger partial charge in [-0.25, -0.2) is 0 Å². The van der Waals surface area contributed by atoms with Gasteiger partial charge in [0.2, 0.25) is 0 Å². The Balaban J connectivity index is 1.92. The molecule has 1 aromatic carbocycles. The number of hydrogen-bond donors (Lipinski definition) is 1. The third-order valence-corrected chi connectivity index (χ3v) is 3.71. The molecule has 3 rings (SSSR count). The summed E-state index contributed by atoms with van der Waals surface area (Å²) in [5.74, 6) is 0.898. The highest BCUT2D eigenvalue weighted by Crippen LogP contribution is 2.41. The Bertz CT molecular complexity index is 501. The summed E-state index contributed by atoms with van der Waals surface area (Å²) in [5.41, 5.74) is 0.202. The molecule has 1 fully saturated rings. The maximum Gasteiger partial charge on any atom is 0.408 e. The zero-order valence-corrected chi connectivity index (χ0v) is 11.4. The van der Waals surface area contributed by atoms with Gasteiger partial charge in [0, 0.05) is 26.2 Å². The van der Waals surface area contributed by atoms with E-state index in [4.69, 9.17) is 9.47 Å². The lowest BCUT2D eigenvalue weighted by Crippen LogP contribution is -2.49. The summed E-state index contributed by atoms with van der Waals surface area (Å²) in [6.07, 6.45) is -4.32. The van der Waals surface area contributed by atoms with Crippen molar-refractivity contribution < 1.29 is 22.6 Å². The van der Waals surface area contributed by atoms with Crippen molar-refractivity contribution in [2.24, 2.45) is 0 Å². The Kier molecular flexibility index (Phi) is 3.95. The second-order valence-electron chi connectivity index (χ2n) is 5.13. The molecule has 0 aliphatic carbocycles. The number of rotatable bonds is 2. The van der Waals surface area contributed by atoms with Crippen LogP contribution in [0, 0.1) is 0 Å². The second-order valence-corrected chi connectivity index (χ2v) is 5.13. The molecule has 2 aliphatic heterocycles. The second kappa shape index (κ2) is 5.73. The maximum absolute atomic E-state index is 13.5. The highest BCUT2D eigenvalue weighted by molar-refractivity contribution is 5.45. The number of alkyl halides is 3. The van der Waals surface area contributed by atoms with Gasteiger partial charge in [-0.05, 0) is 17.7 Å². The van der Waals surface area contributed by atoms with Crippen LogP contribution in [0.15, 0.2) is 18.2 Å². The first-order valence-corrected chi connectivity index (χ1v) is 6.97. The van der Waals surface area contributed by atoms with E-state index in [0.29, 0.717) is 50.9 Å². The fourth-order valence-corrected chi connectivity index (χ4v) is 2.78. The van der Waals surface area contributed by atoms with Crippen molar-refractivity contribution >= 4 is 0 Å². The third kappa shape index (κ3) is 3.08. The molecule has 116 valence electrons. The smallest absolute Gasteiger partial charge is 0.408 e. The molecule has 2 heterocycles. The molecule has 0 saturated carbocycles. The normalized spacial score (nSPS) is 21.1. The van der Waals surface area contributed by atoms with Gasteiger partial charge in [0.25, 0.3) is 0 Å².